The molecule has 1 aliphatic heterocycles. The van der Waals surface area contributed by atoms with E-state index >= 15 is 0 Å². The Balaban J connectivity index is 2.03. The van der Waals surface area contributed by atoms with Gasteiger partial charge in [0, 0.05) is 29.7 Å². The number of carbonyl (C=O) groups is 1. The number of fused-ring (bicyclic) bond motifs is 1. The molecule has 7 nitrogen and oxygen atoms in total. The Morgan fingerprint density at radius 2 is 2.09 bits per heavy atom. The van der Waals surface area contributed by atoms with Gasteiger partial charge in [-0.2, -0.15) is 0 Å². The molecule has 1 amide bonds. The number of aliphatic hydroxyl groups is 1. The summed E-state index contributed by atoms with van der Waals surface area (Å²) >= 11 is 0. The second-order valence-electron chi connectivity index (χ2n) is 4.97. The Morgan fingerprint density at radius 1 is 1.26 bits per heavy atom. The third kappa shape index (κ3) is 3.04. The largest absolute Gasteiger partial charge is 0.395 e. The first-order valence-electron chi connectivity index (χ1n) is 6.92. The third-order valence-electron chi connectivity index (χ3n) is 3.41. The van der Waals surface area contributed by atoms with E-state index in [4.69, 9.17) is 5.11 Å². The minimum absolute atomic E-state index is 0.0404. The van der Waals surface area contributed by atoms with Crippen molar-refractivity contribution in [3.63, 3.8) is 0 Å². The van der Waals surface area contributed by atoms with Gasteiger partial charge in [0.2, 0.25) is 10.0 Å². The Labute approximate surface area is 133 Å². The zero-order valence-electron chi connectivity index (χ0n) is 12.0. The van der Waals surface area contributed by atoms with Crippen LogP contribution in [0.15, 0.2) is 41.4 Å². The fourth-order valence-corrected chi connectivity index (χ4v) is 3.38. The van der Waals surface area contributed by atoms with Crippen LogP contribution in [0, 0.1) is 0 Å². The number of carbonyl (C=O) groups excluding carboxylic acids is 1. The van der Waals surface area contributed by atoms with Gasteiger partial charge in [-0.25, -0.2) is 13.1 Å². The molecule has 1 aromatic heterocycles. The van der Waals surface area contributed by atoms with Crippen LogP contribution in [-0.2, 0) is 14.8 Å². The van der Waals surface area contributed by atoms with Gasteiger partial charge < -0.3 is 15.4 Å². The van der Waals surface area contributed by atoms with Crippen LogP contribution in [0.2, 0.25) is 0 Å². The summed E-state index contributed by atoms with van der Waals surface area (Å²) in [5, 5.41) is 11.5. The summed E-state index contributed by atoms with van der Waals surface area (Å²) in [6, 6.07) is 8.02. The SMILES string of the molecule is O=C1Nc2ccc(S(=O)(=O)NCCO)cc2C1=Cc1ccc[nH]1. The smallest absolute Gasteiger partial charge is 0.256 e. The van der Waals surface area contributed by atoms with Crippen molar-refractivity contribution in [1.82, 2.24) is 9.71 Å². The molecule has 8 heteroatoms. The predicted molar refractivity (Wildman–Crippen MR) is 86.0 cm³/mol. The van der Waals surface area contributed by atoms with Crippen molar-refractivity contribution in [3.05, 3.63) is 47.8 Å². The first-order valence-corrected chi connectivity index (χ1v) is 8.41. The molecule has 0 saturated heterocycles. The molecule has 120 valence electrons. The molecule has 2 heterocycles. The first kappa shape index (κ1) is 15.5. The van der Waals surface area contributed by atoms with Gasteiger partial charge in [0.25, 0.3) is 5.91 Å². The van der Waals surface area contributed by atoms with Crippen LogP contribution >= 0.6 is 0 Å². The van der Waals surface area contributed by atoms with Crippen molar-refractivity contribution in [2.45, 2.75) is 4.90 Å². The highest BCUT2D eigenvalue weighted by Gasteiger charge is 2.26. The van der Waals surface area contributed by atoms with Gasteiger partial charge in [-0.15, -0.1) is 0 Å². The Bertz CT molecular complexity index is 870. The lowest BCUT2D eigenvalue weighted by atomic mass is 10.1. The second kappa shape index (κ2) is 5.99. The molecule has 0 unspecified atom stereocenters. The molecular weight excluding hydrogens is 318 g/mol. The maximum Gasteiger partial charge on any atom is 0.256 e. The van der Waals surface area contributed by atoms with Gasteiger partial charge in [-0.05, 0) is 36.4 Å². The van der Waals surface area contributed by atoms with Crippen molar-refractivity contribution < 1.29 is 18.3 Å². The van der Waals surface area contributed by atoms with E-state index in [0.29, 0.717) is 16.8 Å². The number of aromatic amines is 1. The highest BCUT2D eigenvalue weighted by molar-refractivity contribution is 7.89. The van der Waals surface area contributed by atoms with E-state index in [-0.39, 0.29) is 24.0 Å². The standard InChI is InChI=1S/C15H15N3O4S/c19-7-6-17-23(21,22)11-3-4-14-12(9-11)13(15(20)18-14)8-10-2-1-5-16-10/h1-5,8-9,16-17,19H,6-7H2,(H,18,20). The predicted octanol–water partition coefficient (Wildman–Crippen LogP) is 0.778. The molecule has 1 aromatic carbocycles. The number of benzene rings is 1. The van der Waals surface area contributed by atoms with E-state index in [2.05, 4.69) is 15.0 Å². The van der Waals surface area contributed by atoms with Crippen molar-refractivity contribution in [3.8, 4) is 0 Å². The maximum atomic E-state index is 12.1. The second-order valence-corrected chi connectivity index (χ2v) is 6.73. The van der Waals surface area contributed by atoms with Crippen molar-refractivity contribution >= 4 is 33.3 Å². The normalized spacial score (nSPS) is 15.7. The summed E-state index contributed by atoms with van der Waals surface area (Å²) in [4.78, 5) is 15.1. The highest BCUT2D eigenvalue weighted by atomic mass is 32.2. The van der Waals surface area contributed by atoms with Gasteiger partial charge >= 0.3 is 0 Å². The lowest BCUT2D eigenvalue weighted by Gasteiger charge is -2.07. The quantitative estimate of drug-likeness (QED) is 0.606. The molecule has 3 rings (SSSR count). The van der Waals surface area contributed by atoms with Crippen LogP contribution < -0.4 is 10.0 Å². The lowest BCUT2D eigenvalue weighted by molar-refractivity contribution is -0.110. The molecule has 0 fully saturated rings. The average Bonchev–Trinajstić information content (AvgIpc) is 3.14. The van der Waals surface area contributed by atoms with Gasteiger partial charge in [-0.1, -0.05) is 0 Å². The summed E-state index contributed by atoms with van der Waals surface area (Å²) < 4.78 is 26.6. The topological polar surface area (TPSA) is 111 Å². The molecule has 2 aromatic rings. The molecular formula is C15H15N3O4S. The molecule has 0 aliphatic carbocycles. The zero-order chi connectivity index (χ0) is 16.4. The van der Waals surface area contributed by atoms with E-state index in [1.54, 1.807) is 24.4 Å². The van der Waals surface area contributed by atoms with E-state index in [1.165, 1.54) is 12.1 Å². The van der Waals surface area contributed by atoms with Gasteiger partial charge in [0.15, 0.2) is 0 Å². The van der Waals surface area contributed by atoms with E-state index in [0.717, 1.165) is 5.69 Å². The number of sulfonamides is 1. The molecule has 0 atom stereocenters. The van der Waals surface area contributed by atoms with Crippen LogP contribution in [0.1, 0.15) is 11.3 Å². The van der Waals surface area contributed by atoms with Crippen LogP contribution in [0.3, 0.4) is 0 Å². The minimum Gasteiger partial charge on any atom is -0.395 e. The molecule has 1 aliphatic rings. The number of H-pyrrole nitrogens is 1. The van der Waals surface area contributed by atoms with Crippen LogP contribution in [0.5, 0.6) is 0 Å². The number of aliphatic hydroxyl groups excluding tert-OH is 1. The Kier molecular flexibility index (Phi) is 4.03. The fourth-order valence-electron chi connectivity index (χ4n) is 2.33. The van der Waals surface area contributed by atoms with Gasteiger partial charge in [0.1, 0.15) is 0 Å². The fraction of sp³-hybridized carbons (Fsp3) is 0.133. The van der Waals surface area contributed by atoms with Gasteiger partial charge in [-0.3, -0.25) is 4.79 Å². The number of amides is 1. The van der Waals surface area contributed by atoms with Crippen molar-refractivity contribution in [2.75, 3.05) is 18.5 Å². The number of nitrogens with one attached hydrogen (secondary N) is 3. The summed E-state index contributed by atoms with van der Waals surface area (Å²) in [5.74, 6) is -0.285. The van der Waals surface area contributed by atoms with Crippen molar-refractivity contribution in [1.29, 1.82) is 0 Å². The third-order valence-corrected chi connectivity index (χ3v) is 4.87. The summed E-state index contributed by atoms with van der Waals surface area (Å²) in [6.45, 7) is -0.357. The summed E-state index contributed by atoms with van der Waals surface area (Å²) in [7, 11) is -3.73. The minimum atomic E-state index is -3.73. The van der Waals surface area contributed by atoms with Crippen LogP contribution in [0.4, 0.5) is 5.69 Å². The van der Waals surface area contributed by atoms with Crippen LogP contribution in [0.25, 0.3) is 11.6 Å². The Morgan fingerprint density at radius 3 is 2.78 bits per heavy atom. The van der Waals surface area contributed by atoms with E-state index < -0.39 is 10.0 Å². The van der Waals surface area contributed by atoms with Crippen molar-refractivity contribution in [2.24, 2.45) is 0 Å². The number of hydrogen-bond donors (Lipinski definition) is 4. The zero-order valence-corrected chi connectivity index (χ0v) is 12.9. The number of anilines is 1. The average molecular weight is 333 g/mol. The molecule has 4 N–H and O–H groups in total. The number of hydrogen-bond acceptors (Lipinski definition) is 4. The molecule has 0 bridgehead atoms. The van der Waals surface area contributed by atoms with E-state index in [1.807, 2.05) is 6.07 Å². The molecule has 0 radical (unpaired) electrons. The maximum absolute atomic E-state index is 12.1. The summed E-state index contributed by atoms with van der Waals surface area (Å²) in [5.41, 5.74) is 2.22. The Hall–Kier alpha value is -2.42. The number of rotatable bonds is 5. The molecule has 0 saturated carbocycles. The first-order chi connectivity index (χ1) is 11.0. The van der Waals surface area contributed by atoms with Gasteiger partial charge in [0.05, 0.1) is 17.1 Å². The molecule has 0 spiro atoms. The highest BCUT2D eigenvalue weighted by Crippen LogP contribution is 2.34. The summed E-state index contributed by atoms with van der Waals surface area (Å²) in [6.07, 6.45) is 3.40. The molecule has 23 heavy (non-hydrogen) atoms. The lowest BCUT2D eigenvalue weighted by Crippen LogP contribution is -2.26. The number of aromatic nitrogens is 1. The van der Waals surface area contributed by atoms with E-state index in [9.17, 15) is 13.2 Å². The van der Waals surface area contributed by atoms with Crippen LogP contribution in [-0.4, -0.2) is 37.6 Å². The monoisotopic (exact) mass is 333 g/mol.